The third kappa shape index (κ3) is 17.7. The topological polar surface area (TPSA) is 124 Å². The van der Waals surface area contributed by atoms with E-state index < -0.39 is 0 Å². The summed E-state index contributed by atoms with van der Waals surface area (Å²) in [5, 5.41) is 0. The predicted octanol–water partition coefficient (Wildman–Crippen LogP) is 0.994. The van der Waals surface area contributed by atoms with E-state index in [2.05, 4.69) is 4.90 Å². The Bertz CT molecular complexity index is 824. The van der Waals surface area contributed by atoms with Crippen LogP contribution in [0.25, 0.3) is 0 Å². The summed E-state index contributed by atoms with van der Waals surface area (Å²) >= 11 is 0. The van der Waals surface area contributed by atoms with Gasteiger partial charge in [0.2, 0.25) is 0 Å². The van der Waals surface area contributed by atoms with E-state index in [-0.39, 0.29) is 25.0 Å². The molecule has 1 aromatic rings. The van der Waals surface area contributed by atoms with E-state index in [0.717, 1.165) is 6.54 Å². The van der Waals surface area contributed by atoms with Gasteiger partial charge in [-0.3, -0.25) is 14.5 Å². The van der Waals surface area contributed by atoms with Crippen LogP contribution in [0.1, 0.15) is 20.7 Å². The minimum Gasteiger partial charge on any atom is -0.378 e. The van der Waals surface area contributed by atoms with Crippen LogP contribution < -0.4 is 0 Å². The molecule has 0 unspecified atom stereocenters. The number of carbonyl (C=O) groups excluding carboxylic acids is 2. The number of benzene rings is 1. The summed E-state index contributed by atoms with van der Waals surface area (Å²) in [6.07, 6.45) is 0. The van der Waals surface area contributed by atoms with Crippen molar-refractivity contribution in [1.82, 2.24) is 9.80 Å². The van der Waals surface area contributed by atoms with Crippen molar-refractivity contribution in [2.75, 3.05) is 146 Å². The van der Waals surface area contributed by atoms with Crippen LogP contribution >= 0.6 is 0 Å². The van der Waals surface area contributed by atoms with Crippen LogP contribution in [-0.2, 0) is 42.6 Å². The van der Waals surface area contributed by atoms with Crippen molar-refractivity contribution in [2.45, 2.75) is 0 Å². The summed E-state index contributed by atoms with van der Waals surface area (Å²) in [6.45, 7) is 9.98. The zero-order valence-corrected chi connectivity index (χ0v) is 25.8. The Labute approximate surface area is 255 Å². The van der Waals surface area contributed by atoms with Gasteiger partial charge < -0.3 is 47.5 Å². The van der Waals surface area contributed by atoms with E-state index in [1.54, 1.807) is 24.3 Å². The van der Waals surface area contributed by atoms with Crippen molar-refractivity contribution < 1.29 is 52.2 Å². The Morgan fingerprint density at radius 1 is 0.465 bits per heavy atom. The molecule has 13 heteroatoms. The fraction of sp³-hybridized carbons (Fsp3) is 0.733. The van der Waals surface area contributed by atoms with Gasteiger partial charge in [0.1, 0.15) is 0 Å². The normalized spacial score (nSPS) is 13.0. The summed E-state index contributed by atoms with van der Waals surface area (Å²) in [5.74, 6) is -0.550. The molecule has 1 aromatic carbocycles. The molecule has 0 aromatic heterocycles. The highest BCUT2D eigenvalue weighted by molar-refractivity contribution is 6.21. The molecule has 2 rings (SSSR count). The molecule has 0 atom stereocenters. The first-order valence-corrected chi connectivity index (χ1v) is 14.9. The molecule has 0 aliphatic carbocycles. The maximum Gasteiger partial charge on any atom is 0.261 e. The van der Waals surface area contributed by atoms with Crippen LogP contribution in [0.4, 0.5) is 0 Å². The third-order valence-electron chi connectivity index (χ3n) is 6.00. The van der Waals surface area contributed by atoms with E-state index in [1.165, 1.54) is 4.90 Å². The van der Waals surface area contributed by atoms with E-state index >= 15 is 0 Å². The van der Waals surface area contributed by atoms with Crippen molar-refractivity contribution in [3.63, 3.8) is 0 Å². The summed E-state index contributed by atoms with van der Waals surface area (Å²) in [4.78, 5) is 27.9. The smallest absolute Gasteiger partial charge is 0.261 e. The first-order chi connectivity index (χ1) is 21.1. The van der Waals surface area contributed by atoms with Crippen molar-refractivity contribution in [1.29, 1.82) is 0 Å². The van der Waals surface area contributed by atoms with Crippen molar-refractivity contribution in [3.05, 3.63) is 35.4 Å². The van der Waals surface area contributed by atoms with Gasteiger partial charge in [0.15, 0.2) is 0 Å². The van der Waals surface area contributed by atoms with Gasteiger partial charge in [0.25, 0.3) is 11.8 Å². The molecule has 0 radical (unpaired) electrons. The quantitative estimate of drug-likeness (QED) is 0.0907. The van der Waals surface area contributed by atoms with Gasteiger partial charge in [-0.05, 0) is 26.2 Å². The molecule has 0 N–H and O–H groups in total. The second-order valence-corrected chi connectivity index (χ2v) is 9.62. The van der Waals surface area contributed by atoms with Gasteiger partial charge in [0, 0.05) is 6.54 Å². The SMILES string of the molecule is CN(C)CCOCCOCCOCCOCCOCCOCCOCCOCCOCCN1C(=O)c2ccccc2C1=O. The van der Waals surface area contributed by atoms with Crippen molar-refractivity contribution in [2.24, 2.45) is 0 Å². The highest BCUT2D eigenvalue weighted by Crippen LogP contribution is 2.21. The summed E-state index contributed by atoms with van der Waals surface area (Å²) in [5.41, 5.74) is 0.889. The molecule has 0 saturated heterocycles. The number of hydrogen-bond donors (Lipinski definition) is 0. The lowest BCUT2D eigenvalue weighted by Gasteiger charge is -2.13. The average molecular weight is 615 g/mol. The van der Waals surface area contributed by atoms with Gasteiger partial charge >= 0.3 is 0 Å². The molecule has 0 spiro atoms. The number of nitrogens with zero attached hydrogens (tertiary/aromatic N) is 2. The summed E-state index contributed by atoms with van der Waals surface area (Å²) < 4.78 is 49.1. The molecule has 43 heavy (non-hydrogen) atoms. The van der Waals surface area contributed by atoms with Gasteiger partial charge in [0.05, 0.1) is 137 Å². The first-order valence-electron chi connectivity index (χ1n) is 14.9. The number of imide groups is 1. The molecular weight excluding hydrogens is 564 g/mol. The average Bonchev–Trinajstić information content (AvgIpc) is 3.25. The lowest BCUT2D eigenvalue weighted by atomic mass is 10.1. The Balaban J connectivity index is 1.20. The standard InChI is InChI=1S/C30H50N2O11/c1-31(2)7-9-35-11-13-37-15-17-39-19-21-41-23-25-43-26-24-42-22-20-40-18-16-38-14-12-36-10-8-32-29(33)27-5-3-4-6-28(27)30(32)34/h3-6H,7-26H2,1-2H3. The molecule has 2 amide bonds. The number of likely N-dealkylation sites (N-methyl/N-ethyl adjacent to an activating group) is 1. The van der Waals surface area contributed by atoms with Gasteiger partial charge in [-0.1, -0.05) is 12.1 Å². The largest absolute Gasteiger partial charge is 0.378 e. The summed E-state index contributed by atoms with van der Waals surface area (Å²) in [6, 6.07) is 6.82. The van der Waals surface area contributed by atoms with Gasteiger partial charge in [-0.15, -0.1) is 0 Å². The fourth-order valence-electron chi connectivity index (χ4n) is 3.71. The predicted molar refractivity (Wildman–Crippen MR) is 158 cm³/mol. The maximum atomic E-state index is 12.3. The molecule has 246 valence electrons. The zero-order chi connectivity index (χ0) is 30.8. The maximum absolute atomic E-state index is 12.3. The molecule has 1 heterocycles. The number of amides is 2. The minimum atomic E-state index is -0.275. The lowest BCUT2D eigenvalue weighted by Crippen LogP contribution is -2.33. The third-order valence-corrected chi connectivity index (χ3v) is 6.00. The second-order valence-electron chi connectivity index (χ2n) is 9.62. The van der Waals surface area contributed by atoms with Crippen LogP contribution in [0.2, 0.25) is 0 Å². The first kappa shape index (κ1) is 37.1. The van der Waals surface area contributed by atoms with Crippen LogP contribution in [-0.4, -0.2) is 168 Å². The van der Waals surface area contributed by atoms with Gasteiger partial charge in [-0.25, -0.2) is 0 Å². The molecule has 0 saturated carbocycles. The Kier molecular flexibility index (Phi) is 21.9. The lowest BCUT2D eigenvalue weighted by molar-refractivity contribution is -0.0253. The highest BCUT2D eigenvalue weighted by atomic mass is 16.6. The molecule has 1 aliphatic rings. The zero-order valence-electron chi connectivity index (χ0n) is 25.8. The number of carbonyl (C=O) groups is 2. The summed E-state index contributed by atoms with van der Waals surface area (Å²) in [7, 11) is 4.03. The number of rotatable bonds is 30. The Hall–Kier alpha value is -2.04. The van der Waals surface area contributed by atoms with Crippen LogP contribution in [0, 0.1) is 0 Å². The molecule has 0 bridgehead atoms. The number of fused-ring (bicyclic) bond motifs is 1. The molecule has 13 nitrogen and oxygen atoms in total. The molecule has 1 aliphatic heterocycles. The van der Waals surface area contributed by atoms with Gasteiger partial charge in [-0.2, -0.15) is 0 Å². The van der Waals surface area contributed by atoms with Crippen molar-refractivity contribution in [3.8, 4) is 0 Å². The van der Waals surface area contributed by atoms with E-state index in [9.17, 15) is 9.59 Å². The number of hydrogen-bond acceptors (Lipinski definition) is 12. The monoisotopic (exact) mass is 614 g/mol. The fourth-order valence-corrected chi connectivity index (χ4v) is 3.71. The van der Waals surface area contributed by atoms with E-state index in [1.807, 2.05) is 14.1 Å². The molecule has 0 fully saturated rings. The molecular formula is C30H50N2O11. The number of ether oxygens (including phenoxy) is 9. The Morgan fingerprint density at radius 3 is 1.05 bits per heavy atom. The van der Waals surface area contributed by atoms with Crippen molar-refractivity contribution >= 4 is 11.8 Å². The van der Waals surface area contributed by atoms with E-state index in [0.29, 0.717) is 123 Å². The minimum absolute atomic E-state index is 0.218. The second kappa shape index (κ2) is 25.3. The van der Waals surface area contributed by atoms with Crippen LogP contribution in [0.15, 0.2) is 24.3 Å². The van der Waals surface area contributed by atoms with Crippen LogP contribution in [0.5, 0.6) is 0 Å². The van der Waals surface area contributed by atoms with Crippen LogP contribution in [0.3, 0.4) is 0 Å². The Morgan fingerprint density at radius 2 is 0.744 bits per heavy atom. The van der Waals surface area contributed by atoms with E-state index in [4.69, 9.17) is 42.6 Å². The highest BCUT2D eigenvalue weighted by Gasteiger charge is 2.34.